The lowest BCUT2D eigenvalue weighted by molar-refractivity contribution is 0.0995. The van der Waals surface area contributed by atoms with Crippen LogP contribution in [-0.4, -0.2) is 13.1 Å². The van der Waals surface area contributed by atoms with Gasteiger partial charge in [-0.3, -0.25) is 0 Å². The molecule has 23 heavy (non-hydrogen) atoms. The van der Waals surface area contributed by atoms with Crippen molar-refractivity contribution in [2.75, 3.05) is 13.1 Å². The van der Waals surface area contributed by atoms with Crippen molar-refractivity contribution in [2.24, 2.45) is 5.92 Å². The molecule has 0 radical (unpaired) electrons. The molecule has 2 nitrogen and oxygen atoms in total. The van der Waals surface area contributed by atoms with E-state index < -0.39 is 0 Å². The second-order valence-electron chi connectivity index (χ2n) is 5.99. The van der Waals surface area contributed by atoms with E-state index >= 15 is 0 Å². The molecule has 3 aromatic carbocycles. The molecule has 116 valence electrons. The fourth-order valence-electron chi connectivity index (χ4n) is 3.02. The third-order valence-electron chi connectivity index (χ3n) is 4.43. The summed E-state index contributed by atoms with van der Waals surface area (Å²) in [5.74, 6) is 1.21. The van der Waals surface area contributed by atoms with E-state index in [0.717, 1.165) is 18.8 Å². The molecule has 0 aromatic heterocycles. The molecule has 1 heterocycles. The quantitative estimate of drug-likeness (QED) is 0.742. The molecule has 1 saturated heterocycles. The first-order chi connectivity index (χ1) is 11.3. The largest absolute Gasteiger partial charge is 0.484 e. The molecule has 1 aliphatic heterocycles. The molecular weight excluding hydrogens is 306 g/mol. The Balaban J connectivity index is 1.71. The molecule has 1 fully saturated rings. The number of fused-ring (bicyclic) bond motifs is 1. The normalized spacial score (nSPS) is 16.0. The second-order valence-corrected chi connectivity index (χ2v) is 6.40. The van der Waals surface area contributed by atoms with Crippen molar-refractivity contribution in [1.82, 2.24) is 5.32 Å². The Morgan fingerprint density at radius 2 is 1.65 bits per heavy atom. The Hall–Kier alpha value is -2.03. The van der Waals surface area contributed by atoms with E-state index in [1.54, 1.807) is 0 Å². The van der Waals surface area contributed by atoms with E-state index in [2.05, 4.69) is 47.8 Å². The van der Waals surface area contributed by atoms with Gasteiger partial charge in [0.25, 0.3) is 0 Å². The summed E-state index contributed by atoms with van der Waals surface area (Å²) in [6.45, 7) is 1.95. The van der Waals surface area contributed by atoms with Crippen LogP contribution in [0.25, 0.3) is 10.8 Å². The predicted octanol–water partition coefficient (Wildman–Crippen LogP) is 4.83. The third kappa shape index (κ3) is 2.92. The maximum absolute atomic E-state index is 6.31. The van der Waals surface area contributed by atoms with E-state index in [0.29, 0.717) is 10.9 Å². The number of benzene rings is 3. The van der Waals surface area contributed by atoms with E-state index in [9.17, 15) is 0 Å². The van der Waals surface area contributed by atoms with Gasteiger partial charge in [0.05, 0.1) is 5.02 Å². The lowest BCUT2D eigenvalue weighted by Gasteiger charge is -2.35. The lowest BCUT2D eigenvalue weighted by atomic mass is 9.89. The molecular formula is C20H18ClNO. The molecule has 0 bridgehead atoms. The summed E-state index contributed by atoms with van der Waals surface area (Å²) in [5, 5.41) is 6.48. The average molecular weight is 324 g/mol. The van der Waals surface area contributed by atoms with Gasteiger partial charge in [-0.15, -0.1) is 0 Å². The Morgan fingerprint density at radius 1 is 0.913 bits per heavy atom. The van der Waals surface area contributed by atoms with E-state index in [4.69, 9.17) is 16.3 Å². The molecule has 4 rings (SSSR count). The zero-order valence-electron chi connectivity index (χ0n) is 12.7. The lowest BCUT2D eigenvalue weighted by Crippen LogP contribution is -2.46. The number of hydrogen-bond donors (Lipinski definition) is 1. The van der Waals surface area contributed by atoms with Gasteiger partial charge in [-0.2, -0.15) is 0 Å². The van der Waals surface area contributed by atoms with Crippen molar-refractivity contribution in [2.45, 2.75) is 6.10 Å². The molecule has 0 aliphatic carbocycles. The summed E-state index contributed by atoms with van der Waals surface area (Å²) < 4.78 is 6.31. The van der Waals surface area contributed by atoms with Crippen molar-refractivity contribution < 1.29 is 4.74 Å². The molecule has 0 spiro atoms. The SMILES string of the molecule is Clc1ccccc1OC(c1ccc2ccccc2c1)C1CNC1. The van der Waals surface area contributed by atoms with Gasteiger partial charge in [0.15, 0.2) is 0 Å². The molecule has 3 heteroatoms. The van der Waals surface area contributed by atoms with E-state index in [1.807, 2.05) is 24.3 Å². The number of rotatable bonds is 4. The Bertz CT molecular complexity index is 828. The highest BCUT2D eigenvalue weighted by Crippen LogP contribution is 2.35. The number of para-hydroxylation sites is 1. The van der Waals surface area contributed by atoms with Crippen LogP contribution < -0.4 is 10.1 Å². The van der Waals surface area contributed by atoms with E-state index in [1.165, 1.54) is 16.3 Å². The van der Waals surface area contributed by atoms with Crippen LogP contribution in [0.5, 0.6) is 5.75 Å². The van der Waals surface area contributed by atoms with Crippen molar-refractivity contribution in [3.05, 3.63) is 77.3 Å². The second kappa shape index (κ2) is 6.23. The molecule has 1 unspecified atom stereocenters. The Labute approximate surface area is 141 Å². The molecule has 1 aliphatic rings. The maximum atomic E-state index is 6.31. The molecule has 0 saturated carbocycles. The van der Waals surface area contributed by atoms with Gasteiger partial charge in [0.2, 0.25) is 0 Å². The summed E-state index contributed by atoms with van der Waals surface area (Å²) >= 11 is 6.28. The van der Waals surface area contributed by atoms with Gasteiger partial charge in [0.1, 0.15) is 11.9 Å². The zero-order valence-corrected chi connectivity index (χ0v) is 13.5. The maximum Gasteiger partial charge on any atom is 0.138 e. The monoisotopic (exact) mass is 323 g/mol. The molecule has 1 atom stereocenters. The van der Waals surface area contributed by atoms with Crippen LogP contribution in [0, 0.1) is 5.92 Å². The first-order valence-corrected chi connectivity index (χ1v) is 8.30. The van der Waals surface area contributed by atoms with Crippen LogP contribution in [0.4, 0.5) is 0 Å². The highest BCUT2D eigenvalue weighted by molar-refractivity contribution is 6.32. The standard InChI is InChI=1S/C20H18ClNO/c21-18-7-3-4-8-19(18)23-20(17-12-22-13-17)16-10-9-14-5-1-2-6-15(14)11-16/h1-11,17,20,22H,12-13H2. The number of halogens is 1. The van der Waals surface area contributed by atoms with Crippen LogP contribution in [-0.2, 0) is 0 Å². The zero-order chi connectivity index (χ0) is 15.6. The summed E-state index contributed by atoms with van der Waals surface area (Å²) in [6, 6.07) is 22.7. The Morgan fingerprint density at radius 3 is 2.39 bits per heavy atom. The molecule has 0 amide bonds. The first-order valence-electron chi connectivity index (χ1n) is 7.92. The predicted molar refractivity (Wildman–Crippen MR) is 95.1 cm³/mol. The number of ether oxygens (including phenoxy) is 1. The van der Waals surface area contributed by atoms with Crippen LogP contribution in [0.3, 0.4) is 0 Å². The van der Waals surface area contributed by atoms with Gasteiger partial charge in [-0.25, -0.2) is 0 Å². The first kappa shape index (κ1) is 14.6. The summed E-state index contributed by atoms with van der Waals surface area (Å²) in [6.07, 6.45) is 0.0146. The number of hydrogen-bond acceptors (Lipinski definition) is 2. The average Bonchev–Trinajstić information content (AvgIpc) is 2.54. The Kier molecular flexibility index (Phi) is 3.94. The van der Waals surface area contributed by atoms with Crippen LogP contribution >= 0.6 is 11.6 Å². The van der Waals surface area contributed by atoms with Crippen molar-refractivity contribution >= 4 is 22.4 Å². The van der Waals surface area contributed by atoms with Gasteiger partial charge in [-0.05, 0) is 34.5 Å². The summed E-state index contributed by atoms with van der Waals surface area (Å²) in [4.78, 5) is 0. The third-order valence-corrected chi connectivity index (χ3v) is 4.75. The van der Waals surface area contributed by atoms with Gasteiger partial charge in [0, 0.05) is 19.0 Å². The van der Waals surface area contributed by atoms with E-state index in [-0.39, 0.29) is 6.10 Å². The summed E-state index contributed by atoms with van der Waals surface area (Å²) in [5.41, 5.74) is 1.20. The van der Waals surface area contributed by atoms with Gasteiger partial charge in [-0.1, -0.05) is 60.1 Å². The highest BCUT2D eigenvalue weighted by Gasteiger charge is 2.30. The minimum absolute atomic E-state index is 0.0146. The highest BCUT2D eigenvalue weighted by atomic mass is 35.5. The van der Waals surface area contributed by atoms with Crippen LogP contribution in [0.1, 0.15) is 11.7 Å². The van der Waals surface area contributed by atoms with Crippen LogP contribution in [0.15, 0.2) is 66.7 Å². The molecule has 3 aromatic rings. The smallest absolute Gasteiger partial charge is 0.138 e. The fourth-order valence-corrected chi connectivity index (χ4v) is 3.20. The number of nitrogens with one attached hydrogen (secondary N) is 1. The van der Waals surface area contributed by atoms with Gasteiger partial charge < -0.3 is 10.1 Å². The minimum atomic E-state index is 0.0146. The van der Waals surface area contributed by atoms with Crippen molar-refractivity contribution in [3.63, 3.8) is 0 Å². The summed E-state index contributed by atoms with van der Waals surface area (Å²) in [7, 11) is 0. The van der Waals surface area contributed by atoms with Crippen molar-refractivity contribution in [3.8, 4) is 5.75 Å². The van der Waals surface area contributed by atoms with Gasteiger partial charge >= 0.3 is 0 Å². The van der Waals surface area contributed by atoms with Crippen molar-refractivity contribution in [1.29, 1.82) is 0 Å². The molecule has 1 N–H and O–H groups in total. The van der Waals surface area contributed by atoms with Crippen LogP contribution in [0.2, 0.25) is 5.02 Å². The topological polar surface area (TPSA) is 21.3 Å². The minimum Gasteiger partial charge on any atom is -0.484 e. The fraction of sp³-hybridized carbons (Fsp3) is 0.200.